The number of benzene rings is 1. The fourth-order valence-electron chi connectivity index (χ4n) is 2.81. The van der Waals surface area contributed by atoms with Crippen LogP contribution in [0.25, 0.3) is 0 Å². The lowest BCUT2D eigenvalue weighted by molar-refractivity contribution is -0.384. The molecule has 1 aromatic carbocycles. The lowest BCUT2D eigenvalue weighted by Crippen LogP contribution is -2.51. The Hall–Kier alpha value is -1.51. The van der Waals surface area contributed by atoms with Crippen molar-refractivity contribution in [3.05, 3.63) is 39.9 Å². The first kappa shape index (κ1) is 16.9. The van der Waals surface area contributed by atoms with Crippen molar-refractivity contribution in [3.63, 3.8) is 0 Å². The molecule has 0 spiro atoms. The zero-order valence-corrected chi connectivity index (χ0v) is 13.3. The van der Waals surface area contributed by atoms with Crippen molar-refractivity contribution < 1.29 is 13.3 Å². The maximum Gasteiger partial charge on any atom is 0.269 e. The average molecular weight is 327 g/mol. The molecule has 2 rings (SSSR count). The highest BCUT2D eigenvalue weighted by molar-refractivity contribution is 7.88. The van der Waals surface area contributed by atoms with Gasteiger partial charge in [-0.2, -0.15) is 4.31 Å². The molecule has 0 bridgehead atoms. The number of piperidine rings is 1. The number of nitro benzene ring substituents is 1. The lowest BCUT2D eigenvalue weighted by atomic mass is 10.00. The molecule has 0 radical (unpaired) electrons. The van der Waals surface area contributed by atoms with Gasteiger partial charge in [0, 0.05) is 30.8 Å². The third-order valence-electron chi connectivity index (χ3n) is 3.96. The van der Waals surface area contributed by atoms with E-state index in [1.54, 1.807) is 0 Å². The van der Waals surface area contributed by atoms with Crippen molar-refractivity contribution in [1.82, 2.24) is 4.31 Å². The molecule has 1 fully saturated rings. The van der Waals surface area contributed by atoms with E-state index < -0.39 is 14.9 Å². The van der Waals surface area contributed by atoms with Gasteiger partial charge in [0.15, 0.2) is 0 Å². The van der Waals surface area contributed by atoms with Crippen LogP contribution in [0, 0.1) is 10.1 Å². The summed E-state index contributed by atoms with van der Waals surface area (Å²) in [6.07, 6.45) is 2.59. The minimum atomic E-state index is -3.48. The van der Waals surface area contributed by atoms with Crippen LogP contribution in [0.15, 0.2) is 24.3 Å². The molecule has 0 aromatic heterocycles. The summed E-state index contributed by atoms with van der Waals surface area (Å²) in [7, 11) is -3.48. The van der Waals surface area contributed by atoms with Gasteiger partial charge in [-0.1, -0.05) is 18.6 Å². The van der Waals surface area contributed by atoms with Crippen LogP contribution in [0.2, 0.25) is 0 Å². The molecule has 22 heavy (non-hydrogen) atoms. The minimum absolute atomic E-state index is 0.0485. The Labute approximate surface area is 130 Å². The van der Waals surface area contributed by atoms with E-state index in [0.717, 1.165) is 19.3 Å². The van der Waals surface area contributed by atoms with E-state index in [1.165, 1.54) is 28.6 Å². The molecule has 0 aliphatic carbocycles. The van der Waals surface area contributed by atoms with Crippen LogP contribution in [0.1, 0.15) is 31.7 Å². The van der Waals surface area contributed by atoms with Gasteiger partial charge in [0.1, 0.15) is 0 Å². The van der Waals surface area contributed by atoms with E-state index in [2.05, 4.69) is 0 Å². The summed E-state index contributed by atoms with van der Waals surface area (Å²) >= 11 is 0. The second-order valence-corrected chi connectivity index (χ2v) is 7.63. The van der Waals surface area contributed by atoms with E-state index in [4.69, 9.17) is 5.73 Å². The first-order valence-electron chi connectivity index (χ1n) is 7.29. The maximum atomic E-state index is 12.6. The van der Waals surface area contributed by atoms with Crippen LogP contribution in [0.5, 0.6) is 0 Å². The van der Waals surface area contributed by atoms with Gasteiger partial charge in [-0.15, -0.1) is 0 Å². The van der Waals surface area contributed by atoms with Crippen LogP contribution in [0.4, 0.5) is 5.69 Å². The summed E-state index contributed by atoms with van der Waals surface area (Å²) < 4.78 is 26.8. The van der Waals surface area contributed by atoms with Crippen molar-refractivity contribution >= 4 is 15.7 Å². The molecule has 1 aliphatic heterocycles. The van der Waals surface area contributed by atoms with Crippen LogP contribution in [-0.2, 0) is 15.8 Å². The Kier molecular flexibility index (Phi) is 5.15. The molecule has 1 heterocycles. The number of sulfonamides is 1. The number of nitrogens with two attached hydrogens (primary N) is 1. The van der Waals surface area contributed by atoms with E-state index >= 15 is 0 Å². The Morgan fingerprint density at radius 3 is 2.55 bits per heavy atom. The van der Waals surface area contributed by atoms with Crippen molar-refractivity contribution in [2.75, 3.05) is 6.54 Å². The first-order chi connectivity index (χ1) is 10.3. The van der Waals surface area contributed by atoms with Crippen molar-refractivity contribution in [2.24, 2.45) is 5.73 Å². The highest BCUT2D eigenvalue weighted by atomic mass is 32.2. The van der Waals surface area contributed by atoms with E-state index in [-0.39, 0.29) is 23.5 Å². The molecule has 0 amide bonds. The predicted molar refractivity (Wildman–Crippen MR) is 83.7 cm³/mol. The molecule has 122 valence electrons. The zero-order chi connectivity index (χ0) is 16.3. The largest absolute Gasteiger partial charge is 0.326 e. The van der Waals surface area contributed by atoms with Gasteiger partial charge in [-0.05, 0) is 25.3 Å². The van der Waals surface area contributed by atoms with Gasteiger partial charge in [0.25, 0.3) is 5.69 Å². The molecular weight excluding hydrogens is 306 g/mol. The van der Waals surface area contributed by atoms with Crippen LogP contribution < -0.4 is 5.73 Å². The molecule has 2 unspecified atom stereocenters. The third-order valence-corrected chi connectivity index (χ3v) is 5.82. The summed E-state index contributed by atoms with van der Waals surface area (Å²) in [5.74, 6) is -0.159. The highest BCUT2D eigenvalue weighted by Gasteiger charge is 2.34. The van der Waals surface area contributed by atoms with Crippen molar-refractivity contribution in [1.29, 1.82) is 0 Å². The normalized spacial score (nSPS) is 21.5. The second-order valence-electron chi connectivity index (χ2n) is 5.71. The zero-order valence-electron chi connectivity index (χ0n) is 12.5. The summed E-state index contributed by atoms with van der Waals surface area (Å²) in [5, 5.41) is 10.6. The van der Waals surface area contributed by atoms with Gasteiger partial charge in [-0.25, -0.2) is 8.42 Å². The number of hydrogen-bond acceptors (Lipinski definition) is 5. The van der Waals surface area contributed by atoms with Crippen molar-refractivity contribution in [2.45, 2.75) is 44.0 Å². The van der Waals surface area contributed by atoms with Gasteiger partial charge >= 0.3 is 0 Å². The van der Waals surface area contributed by atoms with Gasteiger partial charge in [-0.3, -0.25) is 10.1 Å². The molecule has 0 saturated carbocycles. The van der Waals surface area contributed by atoms with Gasteiger partial charge in [0.2, 0.25) is 10.0 Å². The summed E-state index contributed by atoms with van der Waals surface area (Å²) in [6.45, 7) is 2.31. The number of hydrogen-bond donors (Lipinski definition) is 1. The summed E-state index contributed by atoms with van der Waals surface area (Å²) in [5.41, 5.74) is 6.41. The Morgan fingerprint density at radius 1 is 1.36 bits per heavy atom. The van der Waals surface area contributed by atoms with E-state index in [0.29, 0.717) is 12.1 Å². The maximum absolute atomic E-state index is 12.6. The average Bonchev–Trinajstić information content (AvgIpc) is 2.47. The van der Waals surface area contributed by atoms with Crippen LogP contribution in [0.3, 0.4) is 0 Å². The molecule has 2 N–H and O–H groups in total. The number of nitrogens with zero attached hydrogens (tertiary/aromatic N) is 2. The minimum Gasteiger partial charge on any atom is -0.326 e. The number of non-ortho nitro benzene ring substituents is 1. The Bertz CT molecular complexity index is 628. The van der Waals surface area contributed by atoms with Crippen LogP contribution >= 0.6 is 0 Å². The molecular formula is C14H21N3O4S. The monoisotopic (exact) mass is 327 g/mol. The molecule has 1 aromatic rings. The fourth-order valence-corrected chi connectivity index (χ4v) is 4.71. The highest BCUT2D eigenvalue weighted by Crippen LogP contribution is 2.25. The quantitative estimate of drug-likeness (QED) is 0.653. The Morgan fingerprint density at radius 2 is 2.00 bits per heavy atom. The first-order valence-corrected chi connectivity index (χ1v) is 8.90. The van der Waals surface area contributed by atoms with E-state index in [1.807, 2.05) is 6.92 Å². The molecule has 1 aliphatic rings. The molecule has 1 saturated heterocycles. The topological polar surface area (TPSA) is 107 Å². The number of nitro groups is 1. The summed E-state index contributed by atoms with van der Waals surface area (Å²) in [4.78, 5) is 10.1. The number of rotatable bonds is 5. The predicted octanol–water partition coefficient (Wildman–Crippen LogP) is 1.63. The van der Waals surface area contributed by atoms with Gasteiger partial charge in [0.05, 0.1) is 10.7 Å². The SMILES string of the molecule is CC(N)C1CCCCN1S(=O)(=O)Cc1ccc([N+](=O)[O-])cc1. The fraction of sp³-hybridized carbons (Fsp3) is 0.571. The smallest absolute Gasteiger partial charge is 0.269 e. The van der Waals surface area contributed by atoms with Gasteiger partial charge < -0.3 is 5.73 Å². The van der Waals surface area contributed by atoms with Crippen LogP contribution in [-0.4, -0.2) is 36.3 Å². The third kappa shape index (κ3) is 3.82. The second kappa shape index (κ2) is 6.72. The molecule has 7 nitrogen and oxygen atoms in total. The molecule has 2 atom stereocenters. The Balaban J connectivity index is 2.17. The van der Waals surface area contributed by atoms with Crippen molar-refractivity contribution in [3.8, 4) is 0 Å². The standard InChI is InChI=1S/C14H21N3O4S/c1-11(15)14-4-2-3-9-16(14)22(20,21)10-12-5-7-13(8-6-12)17(18)19/h5-8,11,14H,2-4,9-10,15H2,1H3. The van der Waals surface area contributed by atoms with E-state index in [9.17, 15) is 18.5 Å². The lowest BCUT2D eigenvalue weighted by Gasteiger charge is -2.36. The molecule has 8 heteroatoms. The summed E-state index contributed by atoms with van der Waals surface area (Å²) in [6, 6.07) is 5.23.